The molecule has 2 N–H and O–H groups in total. The van der Waals surface area contributed by atoms with Crippen molar-refractivity contribution in [3.8, 4) is 28.5 Å². The molecular weight excluding hydrogens is 458 g/mol. The van der Waals surface area contributed by atoms with E-state index in [1.165, 1.54) is 0 Å². The van der Waals surface area contributed by atoms with Gasteiger partial charge in [-0.25, -0.2) is 0 Å². The number of methoxy groups -OCH3 is 2. The normalized spacial score (nSPS) is 14.7. The molecule has 5 rings (SSSR count). The topological polar surface area (TPSA) is 96.9 Å². The number of rotatable bonds is 9. The molecule has 0 saturated carbocycles. The van der Waals surface area contributed by atoms with E-state index in [1.807, 2.05) is 54.6 Å². The third kappa shape index (κ3) is 4.27. The number of phenols is 1. The Morgan fingerprint density at radius 2 is 1.78 bits per heavy atom. The minimum atomic E-state index is -0.451. The van der Waals surface area contributed by atoms with Gasteiger partial charge >= 0.3 is 0 Å². The van der Waals surface area contributed by atoms with E-state index in [9.17, 15) is 9.90 Å². The molecule has 1 amide bonds. The molecule has 184 valence electrons. The Hall–Kier alpha value is -4.30. The zero-order chi connectivity index (χ0) is 25.1. The largest absolute Gasteiger partial charge is 0.507 e. The van der Waals surface area contributed by atoms with Crippen molar-refractivity contribution in [2.75, 3.05) is 27.4 Å². The number of H-pyrrole nitrogens is 1. The summed E-state index contributed by atoms with van der Waals surface area (Å²) >= 11 is 0. The van der Waals surface area contributed by atoms with Crippen molar-refractivity contribution in [2.24, 2.45) is 0 Å². The smallest absolute Gasteiger partial charge is 0.273 e. The van der Waals surface area contributed by atoms with Crippen LogP contribution in [0.25, 0.3) is 11.3 Å². The van der Waals surface area contributed by atoms with Crippen LogP contribution in [0.3, 0.4) is 0 Å². The van der Waals surface area contributed by atoms with Crippen LogP contribution in [0.5, 0.6) is 17.2 Å². The van der Waals surface area contributed by atoms with Crippen LogP contribution in [0, 0.1) is 0 Å². The maximum absolute atomic E-state index is 13.4. The number of hydrogen-bond acceptors (Lipinski definition) is 6. The average Bonchev–Trinajstić information content (AvgIpc) is 3.45. The van der Waals surface area contributed by atoms with Gasteiger partial charge in [-0.05, 0) is 35.4 Å². The fraction of sp³-hybridized carbons (Fsp3) is 0.214. The average molecular weight is 486 g/mol. The number of nitrogens with zero attached hydrogens (tertiary/aromatic N) is 2. The number of carbonyl (C=O) groups excluding carboxylic acids is 1. The van der Waals surface area contributed by atoms with Gasteiger partial charge < -0.3 is 24.2 Å². The number of benzene rings is 3. The van der Waals surface area contributed by atoms with Gasteiger partial charge in [0.1, 0.15) is 23.7 Å². The maximum Gasteiger partial charge on any atom is 0.273 e. The minimum absolute atomic E-state index is 0.0931. The zero-order valence-electron chi connectivity index (χ0n) is 20.1. The van der Waals surface area contributed by atoms with Crippen LogP contribution >= 0.6 is 0 Å². The van der Waals surface area contributed by atoms with Gasteiger partial charge in [-0.2, -0.15) is 5.10 Å². The lowest BCUT2D eigenvalue weighted by Gasteiger charge is -2.26. The van der Waals surface area contributed by atoms with Crippen LogP contribution in [0.1, 0.15) is 33.2 Å². The predicted molar refractivity (Wildman–Crippen MR) is 134 cm³/mol. The Labute approximate surface area is 209 Å². The highest BCUT2D eigenvalue weighted by Crippen LogP contribution is 2.45. The van der Waals surface area contributed by atoms with E-state index in [-0.39, 0.29) is 11.7 Å². The highest BCUT2D eigenvalue weighted by Gasteiger charge is 2.42. The molecule has 0 fully saturated rings. The molecule has 36 heavy (non-hydrogen) atoms. The van der Waals surface area contributed by atoms with Gasteiger partial charge in [-0.1, -0.05) is 48.5 Å². The molecule has 0 spiro atoms. The number of fused-ring (bicyclic) bond motifs is 1. The van der Waals surface area contributed by atoms with E-state index in [1.54, 1.807) is 37.3 Å². The van der Waals surface area contributed by atoms with Crippen LogP contribution in [0.15, 0.2) is 72.8 Å². The number of para-hydroxylation sites is 1. The fourth-order valence-corrected chi connectivity index (χ4v) is 4.55. The van der Waals surface area contributed by atoms with E-state index < -0.39 is 6.04 Å². The molecule has 8 nitrogen and oxygen atoms in total. The highest BCUT2D eigenvalue weighted by atomic mass is 16.5. The molecule has 4 aromatic rings. The summed E-state index contributed by atoms with van der Waals surface area (Å²) in [5.41, 5.74) is 4.07. The van der Waals surface area contributed by atoms with Gasteiger partial charge in [0, 0.05) is 24.8 Å². The number of aromatic amines is 1. The number of nitrogens with one attached hydrogen (secondary N) is 1. The lowest BCUT2D eigenvalue weighted by Crippen LogP contribution is -2.32. The second-order valence-corrected chi connectivity index (χ2v) is 8.46. The molecule has 8 heteroatoms. The van der Waals surface area contributed by atoms with Crippen LogP contribution < -0.4 is 9.47 Å². The molecular formula is C28H27N3O5. The Kier molecular flexibility index (Phi) is 6.60. The molecule has 0 saturated heterocycles. The third-order valence-corrected chi connectivity index (χ3v) is 6.30. The molecule has 1 aromatic heterocycles. The number of carbonyl (C=O) groups is 1. The number of hydrogen-bond donors (Lipinski definition) is 2. The molecule has 0 unspecified atom stereocenters. The van der Waals surface area contributed by atoms with Crippen molar-refractivity contribution in [1.29, 1.82) is 0 Å². The highest BCUT2D eigenvalue weighted by molar-refractivity contribution is 6.00. The first-order valence-corrected chi connectivity index (χ1v) is 11.6. The Morgan fingerprint density at radius 1 is 1.00 bits per heavy atom. The van der Waals surface area contributed by atoms with Gasteiger partial charge in [0.25, 0.3) is 5.91 Å². The standard InChI is InChI=1S/C28H27N3O5/c1-34-15-14-31-27(24-25(29-30-26(24)28(31)33)20-10-6-7-11-21(20)32)19-12-13-22(23(16-19)35-2)36-17-18-8-4-3-5-9-18/h3-13,16,27,32H,14-15,17H2,1-2H3,(H,29,30)/t27-/m1/s1. The first-order chi connectivity index (χ1) is 17.6. The second-order valence-electron chi connectivity index (χ2n) is 8.46. The number of ether oxygens (including phenoxy) is 3. The summed E-state index contributed by atoms with van der Waals surface area (Å²) < 4.78 is 17.0. The second kappa shape index (κ2) is 10.1. The van der Waals surface area contributed by atoms with Crippen molar-refractivity contribution in [3.63, 3.8) is 0 Å². The molecule has 1 atom stereocenters. The number of amides is 1. The van der Waals surface area contributed by atoms with Crippen LogP contribution in [-0.4, -0.2) is 53.5 Å². The lowest BCUT2D eigenvalue weighted by molar-refractivity contribution is 0.0677. The molecule has 0 bridgehead atoms. The lowest BCUT2D eigenvalue weighted by atomic mass is 9.95. The first-order valence-electron chi connectivity index (χ1n) is 11.6. The van der Waals surface area contributed by atoms with Gasteiger partial charge in [0.05, 0.1) is 19.8 Å². The SMILES string of the molecule is COCCN1C(=O)c2[nH]nc(-c3ccccc3O)c2[C@H]1c1ccc(OCc2ccccc2)c(OC)c1. The number of aromatic nitrogens is 2. The van der Waals surface area contributed by atoms with Gasteiger partial charge in [-0.3, -0.25) is 9.89 Å². The van der Waals surface area contributed by atoms with E-state index in [0.29, 0.717) is 53.8 Å². The van der Waals surface area contributed by atoms with Crippen LogP contribution in [0.2, 0.25) is 0 Å². The van der Waals surface area contributed by atoms with Gasteiger partial charge in [0.15, 0.2) is 11.5 Å². The predicted octanol–water partition coefficient (Wildman–Crippen LogP) is 4.56. The van der Waals surface area contributed by atoms with Crippen LogP contribution in [0.4, 0.5) is 0 Å². The van der Waals surface area contributed by atoms with Crippen molar-refractivity contribution < 1.29 is 24.1 Å². The van der Waals surface area contributed by atoms with Crippen LogP contribution in [-0.2, 0) is 11.3 Å². The first kappa shape index (κ1) is 23.4. The van der Waals surface area contributed by atoms with E-state index >= 15 is 0 Å². The summed E-state index contributed by atoms with van der Waals surface area (Å²) in [6.45, 7) is 1.17. The third-order valence-electron chi connectivity index (χ3n) is 6.30. The Bertz CT molecular complexity index is 1370. The fourth-order valence-electron chi connectivity index (χ4n) is 4.55. The summed E-state index contributed by atoms with van der Waals surface area (Å²) in [6, 6.07) is 22.1. The minimum Gasteiger partial charge on any atom is -0.507 e. The molecule has 0 radical (unpaired) electrons. The monoisotopic (exact) mass is 485 g/mol. The number of aromatic hydroxyl groups is 1. The maximum atomic E-state index is 13.4. The summed E-state index contributed by atoms with van der Waals surface area (Å²) in [7, 11) is 3.19. The molecule has 1 aliphatic heterocycles. The summed E-state index contributed by atoms with van der Waals surface area (Å²) in [5.74, 6) is 1.08. The zero-order valence-corrected chi connectivity index (χ0v) is 20.1. The summed E-state index contributed by atoms with van der Waals surface area (Å²) in [5, 5.41) is 17.8. The molecule has 0 aliphatic carbocycles. The molecule has 2 heterocycles. The van der Waals surface area contributed by atoms with Gasteiger partial charge in [-0.15, -0.1) is 0 Å². The molecule has 1 aliphatic rings. The van der Waals surface area contributed by atoms with Crippen molar-refractivity contribution in [2.45, 2.75) is 12.6 Å². The Balaban J connectivity index is 1.55. The van der Waals surface area contributed by atoms with E-state index in [2.05, 4.69) is 10.2 Å². The van der Waals surface area contributed by atoms with E-state index in [0.717, 1.165) is 11.1 Å². The summed E-state index contributed by atoms with van der Waals surface area (Å²) in [6.07, 6.45) is 0. The van der Waals surface area contributed by atoms with E-state index in [4.69, 9.17) is 14.2 Å². The van der Waals surface area contributed by atoms with Crippen molar-refractivity contribution >= 4 is 5.91 Å². The number of phenolic OH excluding ortho intramolecular Hbond substituents is 1. The van der Waals surface area contributed by atoms with Crippen molar-refractivity contribution in [3.05, 3.63) is 95.2 Å². The quantitative estimate of drug-likeness (QED) is 0.361. The van der Waals surface area contributed by atoms with Crippen molar-refractivity contribution in [1.82, 2.24) is 15.1 Å². The Morgan fingerprint density at radius 3 is 2.53 bits per heavy atom. The molecule has 3 aromatic carbocycles. The summed E-state index contributed by atoms with van der Waals surface area (Å²) in [4.78, 5) is 15.1. The van der Waals surface area contributed by atoms with Gasteiger partial charge in [0.2, 0.25) is 0 Å².